The monoisotopic (exact) mass is 188 g/mol. The molecule has 0 saturated carbocycles. The van der Waals surface area contributed by atoms with E-state index in [1.54, 1.807) is 0 Å². The van der Waals surface area contributed by atoms with E-state index in [4.69, 9.17) is 0 Å². The molecule has 0 amide bonds. The van der Waals surface area contributed by atoms with Gasteiger partial charge in [0.2, 0.25) is 0 Å². The molecule has 0 N–H and O–H groups in total. The highest BCUT2D eigenvalue weighted by Crippen LogP contribution is 2.25. The zero-order valence-corrected chi connectivity index (χ0v) is 9.07. The van der Waals surface area contributed by atoms with Crippen molar-refractivity contribution in [3.8, 4) is 0 Å². The van der Waals surface area contributed by atoms with Gasteiger partial charge in [-0.15, -0.1) is 0 Å². The van der Waals surface area contributed by atoms with Crippen LogP contribution < -0.4 is 0 Å². The molecule has 0 aromatic carbocycles. The van der Waals surface area contributed by atoms with Crippen LogP contribution in [0.3, 0.4) is 0 Å². The summed E-state index contributed by atoms with van der Waals surface area (Å²) in [6, 6.07) is 0. The minimum absolute atomic E-state index is 0.938. The molecule has 0 aromatic heterocycles. The number of nitrogens with zero attached hydrogens (tertiary/aromatic N) is 2. The van der Waals surface area contributed by atoms with Crippen LogP contribution in [0.2, 0.25) is 0 Å². The molecule has 1 saturated heterocycles. The Kier molecular flexibility index (Phi) is 3.21. The second-order valence-corrected chi connectivity index (χ2v) is 6.61. The van der Waals surface area contributed by atoms with Crippen LogP contribution in [0, 0.1) is 0 Å². The minimum atomic E-state index is -0.938. The van der Waals surface area contributed by atoms with Gasteiger partial charge in [-0.05, 0) is 12.8 Å². The molecule has 1 heterocycles. The molecule has 1 aliphatic rings. The molecule has 0 bridgehead atoms. The molecule has 0 radical (unpaired) electrons. The van der Waals surface area contributed by atoms with E-state index in [1.807, 2.05) is 0 Å². The van der Waals surface area contributed by atoms with Crippen molar-refractivity contribution in [2.75, 3.05) is 39.0 Å². The number of rotatable bonds is 2. The number of hydrogen-bond acceptors (Lipinski definition) is 2. The Morgan fingerprint density at radius 3 is 2.08 bits per heavy atom. The largest absolute Gasteiger partial charge is 0.304 e. The Morgan fingerprint density at radius 2 is 1.67 bits per heavy atom. The summed E-state index contributed by atoms with van der Waals surface area (Å²) in [5, 5.41) is 0. The van der Waals surface area contributed by atoms with Crippen molar-refractivity contribution >= 4 is 21.1 Å². The van der Waals surface area contributed by atoms with E-state index in [0.29, 0.717) is 0 Å². The molecule has 1 rings (SSSR count). The van der Waals surface area contributed by atoms with Crippen molar-refractivity contribution in [2.45, 2.75) is 6.92 Å². The normalized spacial score (nSPS) is 22.8. The first kappa shape index (κ1) is 10.1. The summed E-state index contributed by atoms with van der Waals surface area (Å²) < 4.78 is 2.47. The van der Waals surface area contributed by atoms with Crippen LogP contribution in [0.4, 0.5) is 0 Å². The Bertz CT molecular complexity index is 223. The van der Waals surface area contributed by atoms with Crippen molar-refractivity contribution in [2.24, 2.45) is 0 Å². The molecule has 12 heavy (non-hydrogen) atoms. The molecule has 0 aromatic rings. The van der Waals surface area contributed by atoms with E-state index >= 15 is 0 Å². The predicted octanol–water partition coefficient (Wildman–Crippen LogP) is 0.837. The second kappa shape index (κ2) is 3.81. The van der Waals surface area contributed by atoms with Crippen LogP contribution in [0.15, 0.2) is 0 Å². The van der Waals surface area contributed by atoms with Crippen molar-refractivity contribution < 1.29 is 0 Å². The lowest BCUT2D eigenvalue weighted by molar-refractivity contribution is 0.233. The maximum absolute atomic E-state index is 4.22. The molecule has 2 nitrogen and oxygen atoms in total. The molecule has 0 atom stereocenters. The number of likely N-dealkylation sites (N-methyl/N-ethyl adjacent to an activating group) is 1. The average Bonchev–Trinajstić information content (AvgIpc) is 2.05. The Labute approximate surface area is 76.8 Å². The Hall–Kier alpha value is 0.01000. The van der Waals surface area contributed by atoms with E-state index in [-0.39, 0.29) is 0 Å². The van der Waals surface area contributed by atoms with Gasteiger partial charge in [0, 0.05) is 26.2 Å². The first-order valence-electron chi connectivity index (χ1n) is 4.47. The van der Waals surface area contributed by atoms with Gasteiger partial charge in [-0.2, -0.15) is 9.39 Å². The summed E-state index contributed by atoms with van der Waals surface area (Å²) in [4.78, 5) is 2.36. The topological polar surface area (TPSA) is 6.48 Å². The quantitative estimate of drug-likeness (QED) is 0.593. The lowest BCUT2D eigenvalue weighted by atomic mass is 10.4. The number of hydrogen-bond donors (Lipinski definition) is 0. The summed E-state index contributed by atoms with van der Waals surface area (Å²) in [6.45, 7) is 6.81. The first-order valence-corrected chi connectivity index (χ1v) is 6.57. The summed E-state index contributed by atoms with van der Waals surface area (Å²) in [5.41, 5.74) is 0. The average molecular weight is 188 g/mol. The molecular weight excluding hydrogens is 168 g/mol. The Balaban J connectivity index is 2.56. The maximum Gasteiger partial charge on any atom is 0.0208 e. The van der Waals surface area contributed by atoms with Crippen molar-refractivity contribution in [1.29, 1.82) is 0 Å². The van der Waals surface area contributed by atoms with Gasteiger partial charge in [-0.3, -0.25) is 4.31 Å². The third kappa shape index (κ3) is 2.25. The zero-order chi connectivity index (χ0) is 9.19. The highest BCUT2D eigenvalue weighted by atomic mass is 32.2. The molecule has 1 aliphatic heterocycles. The zero-order valence-electron chi connectivity index (χ0n) is 8.25. The van der Waals surface area contributed by atoms with Crippen molar-refractivity contribution in [3.05, 3.63) is 0 Å². The summed E-state index contributed by atoms with van der Waals surface area (Å²) in [5.74, 6) is 9.54. The molecule has 0 aliphatic carbocycles. The standard InChI is InChI=1S/C9H20N2S/c1-5-12(3,4)11-8-6-10(2)7-9-11/h3-9H2,1-2H3. The smallest absolute Gasteiger partial charge is 0.0208 e. The Morgan fingerprint density at radius 1 is 1.17 bits per heavy atom. The van der Waals surface area contributed by atoms with E-state index < -0.39 is 9.39 Å². The third-order valence-corrected chi connectivity index (χ3v) is 5.08. The third-order valence-electron chi connectivity index (χ3n) is 2.55. The van der Waals surface area contributed by atoms with Gasteiger partial charge in [0.05, 0.1) is 0 Å². The molecule has 3 heteroatoms. The lowest BCUT2D eigenvalue weighted by Gasteiger charge is -2.37. The van der Waals surface area contributed by atoms with E-state index in [9.17, 15) is 0 Å². The second-order valence-electron chi connectivity index (χ2n) is 3.52. The van der Waals surface area contributed by atoms with Gasteiger partial charge in [0.15, 0.2) is 0 Å². The van der Waals surface area contributed by atoms with Crippen LogP contribution in [-0.2, 0) is 0 Å². The number of piperazine rings is 1. The summed E-state index contributed by atoms with van der Waals surface area (Å²) >= 11 is 0. The minimum Gasteiger partial charge on any atom is -0.304 e. The van der Waals surface area contributed by atoms with E-state index in [1.165, 1.54) is 13.1 Å². The SMILES string of the molecule is C=S(=C)(CC)N1CCN(C)CC1. The predicted molar refractivity (Wildman–Crippen MR) is 61.4 cm³/mol. The van der Waals surface area contributed by atoms with Crippen LogP contribution in [-0.4, -0.2) is 59.9 Å². The van der Waals surface area contributed by atoms with Crippen molar-refractivity contribution in [3.63, 3.8) is 0 Å². The van der Waals surface area contributed by atoms with Crippen LogP contribution in [0.25, 0.3) is 0 Å². The van der Waals surface area contributed by atoms with Gasteiger partial charge >= 0.3 is 0 Å². The van der Waals surface area contributed by atoms with Crippen LogP contribution >= 0.6 is 9.39 Å². The van der Waals surface area contributed by atoms with Gasteiger partial charge < -0.3 is 4.90 Å². The fourth-order valence-electron chi connectivity index (χ4n) is 1.36. The van der Waals surface area contributed by atoms with Gasteiger partial charge in [0.25, 0.3) is 0 Å². The lowest BCUT2D eigenvalue weighted by Crippen LogP contribution is -2.42. The molecular formula is C9H20N2S. The van der Waals surface area contributed by atoms with Gasteiger partial charge in [-0.25, -0.2) is 0 Å². The molecule has 0 spiro atoms. The molecule has 72 valence electrons. The van der Waals surface area contributed by atoms with E-state index in [0.717, 1.165) is 18.8 Å². The van der Waals surface area contributed by atoms with Crippen LogP contribution in [0.1, 0.15) is 6.92 Å². The summed E-state index contributed by atoms with van der Waals surface area (Å²) in [7, 11) is 1.24. The fraction of sp³-hybridized carbons (Fsp3) is 0.778. The van der Waals surface area contributed by atoms with E-state index in [2.05, 4.69) is 34.9 Å². The highest BCUT2D eigenvalue weighted by Gasteiger charge is 2.15. The highest BCUT2D eigenvalue weighted by molar-refractivity contribution is 8.25. The van der Waals surface area contributed by atoms with Gasteiger partial charge in [0.1, 0.15) is 0 Å². The fourth-order valence-corrected chi connectivity index (χ4v) is 2.66. The molecule has 1 fully saturated rings. The maximum atomic E-state index is 4.22. The van der Waals surface area contributed by atoms with Crippen molar-refractivity contribution in [1.82, 2.24) is 9.21 Å². The van der Waals surface area contributed by atoms with Gasteiger partial charge in [-0.1, -0.05) is 18.7 Å². The summed E-state index contributed by atoms with van der Waals surface area (Å²) in [6.07, 6.45) is 0. The van der Waals surface area contributed by atoms with Crippen LogP contribution in [0.5, 0.6) is 0 Å². The first-order chi connectivity index (χ1) is 5.56. The molecule has 0 unspecified atom stereocenters.